The van der Waals surface area contributed by atoms with Gasteiger partial charge >= 0.3 is 6.18 Å². The molecular formula is C30H30F3N3O4. The Labute approximate surface area is 230 Å². The molecule has 5 rings (SSSR count). The van der Waals surface area contributed by atoms with Crippen LogP contribution in [0.2, 0.25) is 0 Å². The van der Waals surface area contributed by atoms with Crippen LogP contribution in [0.1, 0.15) is 28.8 Å². The number of halogens is 3. The van der Waals surface area contributed by atoms with Gasteiger partial charge in [-0.05, 0) is 55.3 Å². The molecular weight excluding hydrogens is 523 g/mol. The summed E-state index contributed by atoms with van der Waals surface area (Å²) in [4.78, 5) is 32.1. The van der Waals surface area contributed by atoms with E-state index in [-0.39, 0.29) is 44.4 Å². The van der Waals surface area contributed by atoms with Gasteiger partial charge < -0.3 is 24.5 Å². The van der Waals surface area contributed by atoms with E-state index in [0.717, 1.165) is 17.8 Å². The Kier molecular flexibility index (Phi) is 7.71. The predicted octanol–water partition coefficient (Wildman–Crippen LogP) is 4.43. The second-order valence-electron chi connectivity index (χ2n) is 10.1. The van der Waals surface area contributed by atoms with Gasteiger partial charge in [0.15, 0.2) is 0 Å². The quantitative estimate of drug-likeness (QED) is 0.469. The number of likely N-dealkylation sites (tertiary alicyclic amines) is 1. The first-order valence-corrected chi connectivity index (χ1v) is 13.1. The first-order chi connectivity index (χ1) is 19.2. The molecule has 10 heteroatoms. The van der Waals surface area contributed by atoms with E-state index in [9.17, 15) is 27.9 Å². The number of carbonyl (C=O) groups excluding carboxylic acids is 2. The van der Waals surface area contributed by atoms with Gasteiger partial charge in [-0.2, -0.15) is 13.2 Å². The third-order valence-corrected chi connectivity index (χ3v) is 7.51. The van der Waals surface area contributed by atoms with E-state index < -0.39 is 29.3 Å². The average molecular weight is 554 g/mol. The van der Waals surface area contributed by atoms with Crippen LogP contribution in [0, 0.1) is 0 Å². The number of aliphatic hydroxyl groups excluding tert-OH is 1. The van der Waals surface area contributed by atoms with Gasteiger partial charge in [0, 0.05) is 24.3 Å². The van der Waals surface area contributed by atoms with Crippen molar-refractivity contribution in [2.45, 2.75) is 30.7 Å². The molecule has 0 aromatic heterocycles. The number of alkyl halides is 3. The maximum absolute atomic E-state index is 13.9. The number of amides is 2. The molecule has 40 heavy (non-hydrogen) atoms. The number of piperidine rings is 1. The number of rotatable bonds is 7. The molecule has 1 spiro atoms. The van der Waals surface area contributed by atoms with Crippen LogP contribution >= 0.6 is 0 Å². The van der Waals surface area contributed by atoms with E-state index in [1.807, 2.05) is 53.4 Å². The van der Waals surface area contributed by atoms with Crippen LogP contribution in [0.25, 0.3) is 0 Å². The number of carbonyl (C=O) groups is 2. The second-order valence-corrected chi connectivity index (χ2v) is 10.1. The van der Waals surface area contributed by atoms with Crippen molar-refractivity contribution >= 4 is 17.5 Å². The zero-order valence-electron chi connectivity index (χ0n) is 21.8. The van der Waals surface area contributed by atoms with E-state index in [1.165, 1.54) is 17.0 Å². The molecule has 0 radical (unpaired) electrons. The van der Waals surface area contributed by atoms with Crippen molar-refractivity contribution in [2.24, 2.45) is 0 Å². The number of ether oxygens (including phenoxy) is 1. The fourth-order valence-corrected chi connectivity index (χ4v) is 5.45. The summed E-state index contributed by atoms with van der Waals surface area (Å²) >= 11 is 0. The van der Waals surface area contributed by atoms with Crippen LogP contribution in [-0.2, 0) is 11.0 Å². The summed E-state index contributed by atoms with van der Waals surface area (Å²) in [6, 6.07) is 23.0. The first-order valence-electron chi connectivity index (χ1n) is 13.1. The van der Waals surface area contributed by atoms with Crippen molar-refractivity contribution in [1.82, 2.24) is 9.80 Å². The van der Waals surface area contributed by atoms with Gasteiger partial charge in [0.1, 0.15) is 24.0 Å². The number of hydrogen-bond acceptors (Lipinski definition) is 5. The molecule has 2 aliphatic rings. The maximum Gasteiger partial charge on any atom is 0.416 e. The van der Waals surface area contributed by atoms with Gasteiger partial charge in [0.25, 0.3) is 5.91 Å². The summed E-state index contributed by atoms with van der Waals surface area (Å²) in [5.41, 5.74) is -1.01. The molecule has 2 saturated heterocycles. The van der Waals surface area contributed by atoms with Crippen molar-refractivity contribution in [1.29, 1.82) is 0 Å². The van der Waals surface area contributed by atoms with Gasteiger partial charge in [-0.3, -0.25) is 9.59 Å². The molecule has 1 N–H and O–H groups in total. The fourth-order valence-electron chi connectivity index (χ4n) is 5.45. The number of aliphatic hydroxyl groups is 1. The van der Waals surface area contributed by atoms with Crippen molar-refractivity contribution in [3.8, 4) is 5.75 Å². The fraction of sp³-hybridized carbons (Fsp3) is 0.333. The highest BCUT2D eigenvalue weighted by molar-refractivity contribution is 5.96. The lowest BCUT2D eigenvalue weighted by Crippen LogP contribution is -2.57. The Morgan fingerprint density at radius 2 is 1.60 bits per heavy atom. The van der Waals surface area contributed by atoms with E-state index >= 15 is 0 Å². The summed E-state index contributed by atoms with van der Waals surface area (Å²) in [7, 11) is 0. The molecule has 3 aromatic rings. The Morgan fingerprint density at radius 1 is 0.950 bits per heavy atom. The Bertz CT molecular complexity index is 1330. The summed E-state index contributed by atoms with van der Waals surface area (Å²) in [5.74, 6) is -0.0289. The van der Waals surface area contributed by atoms with Crippen LogP contribution in [-0.4, -0.2) is 71.3 Å². The highest BCUT2D eigenvalue weighted by Crippen LogP contribution is 2.40. The third-order valence-electron chi connectivity index (χ3n) is 7.51. The van der Waals surface area contributed by atoms with Gasteiger partial charge in [-0.25, -0.2) is 0 Å². The molecule has 2 amide bonds. The first kappa shape index (κ1) is 27.5. The minimum Gasteiger partial charge on any atom is -0.491 e. The van der Waals surface area contributed by atoms with Crippen molar-refractivity contribution in [2.75, 3.05) is 37.8 Å². The Balaban J connectivity index is 1.30. The Hall–Kier alpha value is -4.05. The minimum atomic E-state index is -4.55. The molecule has 2 heterocycles. The van der Waals surface area contributed by atoms with Crippen molar-refractivity contribution < 1.29 is 32.6 Å². The monoisotopic (exact) mass is 553 g/mol. The number of anilines is 1. The van der Waals surface area contributed by atoms with Crippen LogP contribution in [0.3, 0.4) is 0 Å². The van der Waals surface area contributed by atoms with Crippen LogP contribution in [0.15, 0.2) is 84.9 Å². The molecule has 7 nitrogen and oxygen atoms in total. The zero-order chi connectivity index (χ0) is 28.3. The zero-order valence-corrected chi connectivity index (χ0v) is 21.8. The standard InChI is InChI=1S/C30H30F3N3O4/c31-30(32,33)23-9-7-8-22(18-23)27(38)34-16-14-29(15-17-34)28(39)35(21-36(29)24-10-3-1-4-11-24)19-25(37)20-40-26-12-5-2-6-13-26/h1-13,18,25,37H,14-17,19-21H2. The summed E-state index contributed by atoms with van der Waals surface area (Å²) < 4.78 is 45.2. The van der Waals surface area contributed by atoms with Gasteiger partial charge in [0.2, 0.25) is 5.91 Å². The largest absolute Gasteiger partial charge is 0.491 e. The topological polar surface area (TPSA) is 73.3 Å². The van der Waals surface area contributed by atoms with E-state index in [0.29, 0.717) is 18.6 Å². The van der Waals surface area contributed by atoms with Gasteiger partial charge in [-0.15, -0.1) is 0 Å². The van der Waals surface area contributed by atoms with Gasteiger partial charge in [-0.1, -0.05) is 42.5 Å². The summed E-state index contributed by atoms with van der Waals surface area (Å²) in [6.45, 7) is 0.761. The van der Waals surface area contributed by atoms with Crippen molar-refractivity contribution in [3.05, 3.63) is 96.1 Å². The third kappa shape index (κ3) is 5.62. The maximum atomic E-state index is 13.9. The molecule has 0 bridgehead atoms. The SMILES string of the molecule is O=C(c1cccc(C(F)(F)F)c1)N1CCC2(CC1)C(=O)N(CC(O)COc1ccccc1)CN2c1ccccc1. The number of para-hydroxylation sites is 2. The highest BCUT2D eigenvalue weighted by atomic mass is 19.4. The number of hydrogen-bond donors (Lipinski definition) is 1. The average Bonchev–Trinajstić information content (AvgIpc) is 3.23. The summed E-state index contributed by atoms with van der Waals surface area (Å²) in [6.07, 6.45) is -4.86. The smallest absolute Gasteiger partial charge is 0.416 e. The number of benzene rings is 3. The molecule has 0 saturated carbocycles. The van der Waals surface area contributed by atoms with Crippen LogP contribution in [0.5, 0.6) is 5.75 Å². The number of nitrogens with zero attached hydrogens (tertiary/aromatic N) is 3. The summed E-state index contributed by atoms with van der Waals surface area (Å²) in [5, 5.41) is 10.7. The lowest BCUT2D eigenvalue weighted by Gasteiger charge is -2.43. The van der Waals surface area contributed by atoms with E-state index in [2.05, 4.69) is 0 Å². The van der Waals surface area contributed by atoms with Crippen LogP contribution in [0.4, 0.5) is 18.9 Å². The van der Waals surface area contributed by atoms with E-state index in [1.54, 1.807) is 17.0 Å². The normalized spacial score (nSPS) is 17.8. The lowest BCUT2D eigenvalue weighted by molar-refractivity contribution is -0.137. The molecule has 2 aliphatic heterocycles. The predicted molar refractivity (Wildman–Crippen MR) is 143 cm³/mol. The molecule has 1 unspecified atom stereocenters. The van der Waals surface area contributed by atoms with Crippen LogP contribution < -0.4 is 9.64 Å². The van der Waals surface area contributed by atoms with Crippen molar-refractivity contribution in [3.63, 3.8) is 0 Å². The van der Waals surface area contributed by atoms with E-state index in [4.69, 9.17) is 4.74 Å². The minimum absolute atomic E-state index is 0.0192. The highest BCUT2D eigenvalue weighted by Gasteiger charge is 2.54. The second kappa shape index (κ2) is 11.2. The Morgan fingerprint density at radius 3 is 2.25 bits per heavy atom. The molecule has 1 atom stereocenters. The molecule has 2 fully saturated rings. The lowest BCUT2D eigenvalue weighted by atomic mass is 9.85. The molecule has 210 valence electrons. The molecule has 0 aliphatic carbocycles. The molecule has 3 aromatic carbocycles. The van der Waals surface area contributed by atoms with Gasteiger partial charge in [0.05, 0.1) is 18.8 Å². The number of β-amino-alcohol motifs (C(OH)–C–C–N with tert-alkyl or cyclic N) is 1.